The molecule has 27 heavy (non-hydrogen) atoms. The topological polar surface area (TPSA) is 62.7 Å². The first-order valence-corrected chi connectivity index (χ1v) is 8.42. The van der Waals surface area contributed by atoms with E-state index in [2.05, 4.69) is 4.98 Å². The van der Waals surface area contributed by atoms with Gasteiger partial charge in [-0.1, -0.05) is 6.07 Å². The number of likely N-dealkylation sites (tertiary alicyclic amines) is 1. The Morgan fingerprint density at radius 1 is 1.30 bits per heavy atom. The van der Waals surface area contributed by atoms with Crippen LogP contribution in [0, 0.1) is 12.8 Å². The van der Waals surface area contributed by atoms with E-state index in [1.54, 1.807) is 6.07 Å². The number of aromatic nitrogens is 1. The van der Waals surface area contributed by atoms with Gasteiger partial charge in [0, 0.05) is 25.8 Å². The molecule has 1 aromatic carbocycles. The van der Waals surface area contributed by atoms with Gasteiger partial charge >= 0.3 is 12.1 Å². The van der Waals surface area contributed by atoms with Gasteiger partial charge in [-0.15, -0.1) is 0 Å². The second-order valence-electron chi connectivity index (χ2n) is 6.64. The predicted molar refractivity (Wildman–Crippen MR) is 91.2 cm³/mol. The fourth-order valence-corrected chi connectivity index (χ4v) is 2.92. The summed E-state index contributed by atoms with van der Waals surface area (Å²) in [5.41, 5.74) is 1.48. The summed E-state index contributed by atoms with van der Waals surface area (Å²) in [7, 11) is 0. The molecule has 1 N–H and O–H groups in total. The van der Waals surface area contributed by atoms with Gasteiger partial charge in [-0.3, -0.25) is 14.7 Å². The lowest BCUT2D eigenvalue weighted by Gasteiger charge is -2.36. The number of carbonyl (C=O) groups is 1. The van der Waals surface area contributed by atoms with E-state index in [9.17, 15) is 18.0 Å². The van der Waals surface area contributed by atoms with Gasteiger partial charge in [0.05, 0.1) is 17.2 Å². The summed E-state index contributed by atoms with van der Waals surface area (Å²) in [6.07, 6.45) is -3.29. The molecule has 1 saturated heterocycles. The van der Waals surface area contributed by atoms with Crippen molar-refractivity contribution in [2.24, 2.45) is 5.92 Å². The summed E-state index contributed by atoms with van der Waals surface area (Å²) >= 11 is 0. The molecule has 0 radical (unpaired) electrons. The largest absolute Gasteiger partial charge is 0.487 e. The van der Waals surface area contributed by atoms with Gasteiger partial charge in [0.15, 0.2) is 0 Å². The average molecular weight is 380 g/mol. The Balaban J connectivity index is 1.58. The second-order valence-corrected chi connectivity index (χ2v) is 6.64. The molecule has 1 aliphatic heterocycles. The minimum atomic E-state index is -4.41. The average Bonchev–Trinajstić information content (AvgIpc) is 2.56. The molecule has 0 unspecified atom stereocenters. The van der Waals surface area contributed by atoms with Crippen molar-refractivity contribution < 1.29 is 27.8 Å². The summed E-state index contributed by atoms with van der Waals surface area (Å²) < 4.78 is 43.8. The maximum absolute atomic E-state index is 12.7. The highest BCUT2D eigenvalue weighted by Crippen LogP contribution is 2.29. The molecule has 1 aromatic heterocycles. The van der Waals surface area contributed by atoms with Gasteiger partial charge in [-0.05, 0) is 42.3 Å². The highest BCUT2D eigenvalue weighted by molar-refractivity contribution is 5.71. The zero-order valence-corrected chi connectivity index (χ0v) is 14.7. The zero-order valence-electron chi connectivity index (χ0n) is 14.7. The number of hydrogen-bond acceptors (Lipinski definition) is 4. The first kappa shape index (κ1) is 19.2. The quantitative estimate of drug-likeness (QED) is 0.831. The van der Waals surface area contributed by atoms with Crippen LogP contribution in [0.25, 0.3) is 0 Å². The number of ether oxygens (including phenoxy) is 1. The van der Waals surface area contributed by atoms with Crippen LogP contribution in [-0.2, 0) is 24.1 Å². The maximum Gasteiger partial charge on any atom is 0.416 e. The molecule has 0 atom stereocenters. The van der Waals surface area contributed by atoms with Crippen molar-refractivity contribution >= 4 is 5.97 Å². The Kier molecular flexibility index (Phi) is 5.36. The molecule has 144 valence electrons. The van der Waals surface area contributed by atoms with E-state index in [0.717, 1.165) is 29.5 Å². The van der Waals surface area contributed by atoms with Gasteiger partial charge in [0.2, 0.25) is 0 Å². The van der Waals surface area contributed by atoms with Crippen LogP contribution in [0.4, 0.5) is 13.2 Å². The number of rotatable bonds is 6. The van der Waals surface area contributed by atoms with E-state index in [1.807, 2.05) is 24.0 Å². The predicted octanol–water partition coefficient (Wildman–Crippen LogP) is 3.50. The van der Waals surface area contributed by atoms with Crippen LogP contribution in [0.2, 0.25) is 0 Å². The van der Waals surface area contributed by atoms with Gasteiger partial charge in [-0.2, -0.15) is 13.2 Å². The van der Waals surface area contributed by atoms with Crippen molar-refractivity contribution in [3.63, 3.8) is 0 Å². The molecule has 0 aliphatic carbocycles. The van der Waals surface area contributed by atoms with E-state index < -0.39 is 17.7 Å². The van der Waals surface area contributed by atoms with Crippen molar-refractivity contribution in [2.75, 3.05) is 13.1 Å². The lowest BCUT2D eigenvalue weighted by atomic mass is 9.98. The molecule has 0 bridgehead atoms. The standard InChI is InChI=1S/C19H19F3N2O3/c1-12-6-17(3-2-13(12)8-24-9-14(10-24)18(25)26)27-11-16-7-15(4-5-23-16)19(20,21)22/h2-7,14H,8-11H2,1H3,(H,25,26). The van der Waals surface area contributed by atoms with Gasteiger partial charge in [0.1, 0.15) is 12.4 Å². The van der Waals surface area contributed by atoms with E-state index in [4.69, 9.17) is 9.84 Å². The van der Waals surface area contributed by atoms with E-state index in [1.165, 1.54) is 0 Å². The summed E-state index contributed by atoms with van der Waals surface area (Å²) in [6.45, 7) is 3.59. The molecule has 2 aromatic rings. The number of hydrogen-bond donors (Lipinski definition) is 1. The molecule has 3 rings (SSSR count). The van der Waals surface area contributed by atoms with Crippen LogP contribution in [0.5, 0.6) is 5.75 Å². The van der Waals surface area contributed by atoms with Gasteiger partial charge in [0.25, 0.3) is 0 Å². The van der Waals surface area contributed by atoms with Crippen LogP contribution in [0.1, 0.15) is 22.4 Å². The minimum absolute atomic E-state index is 0.0604. The molecule has 0 spiro atoms. The molecule has 1 fully saturated rings. The number of pyridine rings is 1. The summed E-state index contributed by atoms with van der Waals surface area (Å²) in [5, 5.41) is 8.91. The van der Waals surface area contributed by atoms with Crippen molar-refractivity contribution in [2.45, 2.75) is 26.3 Å². The first-order valence-electron chi connectivity index (χ1n) is 8.42. The van der Waals surface area contributed by atoms with Crippen LogP contribution < -0.4 is 4.74 Å². The molecule has 2 heterocycles. The monoisotopic (exact) mass is 380 g/mol. The van der Waals surface area contributed by atoms with E-state index >= 15 is 0 Å². The number of halogens is 3. The molecule has 5 nitrogen and oxygen atoms in total. The molecular formula is C19H19F3N2O3. The highest BCUT2D eigenvalue weighted by atomic mass is 19.4. The van der Waals surface area contributed by atoms with E-state index in [0.29, 0.717) is 25.4 Å². The maximum atomic E-state index is 12.7. The summed E-state index contributed by atoms with van der Waals surface area (Å²) in [4.78, 5) is 16.8. The first-order chi connectivity index (χ1) is 12.7. The number of benzene rings is 1. The Labute approximate surface area is 154 Å². The normalized spacial score (nSPS) is 15.4. The zero-order chi connectivity index (χ0) is 19.6. The molecule has 0 amide bonds. The fourth-order valence-electron chi connectivity index (χ4n) is 2.92. The molecule has 1 aliphatic rings. The van der Waals surface area contributed by atoms with Crippen molar-refractivity contribution in [3.05, 3.63) is 58.9 Å². The van der Waals surface area contributed by atoms with Crippen molar-refractivity contribution in [1.82, 2.24) is 9.88 Å². The SMILES string of the molecule is Cc1cc(OCc2cc(C(F)(F)F)ccn2)ccc1CN1CC(C(=O)O)C1. The van der Waals surface area contributed by atoms with Crippen molar-refractivity contribution in [1.29, 1.82) is 0 Å². The highest BCUT2D eigenvalue weighted by Gasteiger charge is 2.32. The van der Waals surface area contributed by atoms with Crippen LogP contribution in [0.3, 0.4) is 0 Å². The minimum Gasteiger partial charge on any atom is -0.487 e. The fraction of sp³-hybridized carbons (Fsp3) is 0.368. The molecular weight excluding hydrogens is 361 g/mol. The van der Waals surface area contributed by atoms with Crippen LogP contribution >= 0.6 is 0 Å². The molecule has 8 heteroatoms. The molecule has 0 saturated carbocycles. The third-order valence-electron chi connectivity index (χ3n) is 4.55. The van der Waals surface area contributed by atoms with Crippen LogP contribution in [-0.4, -0.2) is 34.0 Å². The number of nitrogens with zero attached hydrogens (tertiary/aromatic N) is 2. The summed E-state index contributed by atoms with van der Waals surface area (Å²) in [5.74, 6) is -0.523. The van der Waals surface area contributed by atoms with E-state index in [-0.39, 0.29) is 18.2 Å². The third kappa shape index (κ3) is 4.77. The second kappa shape index (κ2) is 7.56. The van der Waals surface area contributed by atoms with Crippen LogP contribution in [0.15, 0.2) is 36.5 Å². The Bertz CT molecular complexity index is 833. The third-order valence-corrected chi connectivity index (χ3v) is 4.55. The lowest BCUT2D eigenvalue weighted by Crippen LogP contribution is -2.49. The lowest BCUT2D eigenvalue weighted by molar-refractivity contribution is -0.147. The van der Waals surface area contributed by atoms with Gasteiger partial charge < -0.3 is 9.84 Å². The van der Waals surface area contributed by atoms with Gasteiger partial charge in [-0.25, -0.2) is 0 Å². The smallest absolute Gasteiger partial charge is 0.416 e. The number of carboxylic acids is 1. The Morgan fingerprint density at radius 3 is 2.67 bits per heavy atom. The Morgan fingerprint density at radius 2 is 2.04 bits per heavy atom. The number of aliphatic carboxylic acids is 1. The number of carboxylic acid groups (broad SMARTS) is 1. The summed E-state index contributed by atoms with van der Waals surface area (Å²) in [6, 6.07) is 7.36. The van der Waals surface area contributed by atoms with Crippen molar-refractivity contribution in [3.8, 4) is 5.75 Å². The number of alkyl halides is 3. The number of aryl methyl sites for hydroxylation is 1. The Hall–Kier alpha value is -2.61.